The molecule has 0 bridgehead atoms. The van der Waals surface area contributed by atoms with E-state index in [1.807, 2.05) is 0 Å². The summed E-state index contributed by atoms with van der Waals surface area (Å²) in [7, 11) is 0. The maximum atomic E-state index is 5.55. The predicted octanol–water partition coefficient (Wildman–Crippen LogP) is 3.05. The zero-order valence-corrected chi connectivity index (χ0v) is 18.3. The molecule has 5 rings (SSSR count). The number of aromatic amines is 1. The van der Waals surface area contributed by atoms with Crippen LogP contribution in [0.5, 0.6) is 0 Å². The van der Waals surface area contributed by atoms with Crippen molar-refractivity contribution in [2.75, 3.05) is 43.1 Å². The molecular weight excluding hydrogens is 390 g/mol. The molecule has 3 N–H and O–H groups in total. The van der Waals surface area contributed by atoms with Gasteiger partial charge in [-0.3, -0.25) is 0 Å². The van der Waals surface area contributed by atoms with Crippen LogP contribution in [0.2, 0.25) is 0 Å². The van der Waals surface area contributed by atoms with E-state index in [0.717, 1.165) is 74.1 Å². The lowest BCUT2D eigenvalue weighted by atomic mass is 9.92. The van der Waals surface area contributed by atoms with Crippen molar-refractivity contribution in [1.29, 1.82) is 0 Å². The van der Waals surface area contributed by atoms with Crippen molar-refractivity contribution in [3.8, 4) is 0 Å². The van der Waals surface area contributed by atoms with Gasteiger partial charge in [-0.15, -0.1) is 0 Å². The van der Waals surface area contributed by atoms with Gasteiger partial charge in [0.05, 0.1) is 17.6 Å². The zero-order valence-electron chi connectivity index (χ0n) is 18.3. The summed E-state index contributed by atoms with van der Waals surface area (Å²) in [6.07, 6.45) is 5.77. The van der Waals surface area contributed by atoms with Crippen LogP contribution in [-0.4, -0.2) is 58.3 Å². The average molecular weight is 422 g/mol. The molecule has 0 radical (unpaired) electrons. The van der Waals surface area contributed by atoms with Crippen LogP contribution in [0.4, 0.5) is 11.6 Å². The van der Waals surface area contributed by atoms with Gasteiger partial charge in [0.15, 0.2) is 0 Å². The molecule has 0 amide bonds. The summed E-state index contributed by atoms with van der Waals surface area (Å²) >= 11 is 0. The first kappa shape index (κ1) is 20.2. The summed E-state index contributed by atoms with van der Waals surface area (Å²) in [5.41, 5.74) is 3.26. The first-order valence-electron chi connectivity index (χ1n) is 11.2. The normalized spacial score (nSPS) is 19.6. The minimum atomic E-state index is 0.0928. The van der Waals surface area contributed by atoms with Crippen molar-refractivity contribution in [1.82, 2.24) is 25.3 Å². The number of anilines is 2. The van der Waals surface area contributed by atoms with Crippen LogP contribution < -0.4 is 15.5 Å². The van der Waals surface area contributed by atoms with Crippen molar-refractivity contribution in [2.45, 2.75) is 44.7 Å². The van der Waals surface area contributed by atoms with Gasteiger partial charge < -0.3 is 25.3 Å². The predicted molar refractivity (Wildman–Crippen MR) is 123 cm³/mol. The second-order valence-electron chi connectivity index (χ2n) is 9.15. The molecule has 2 aliphatic heterocycles. The molecule has 3 aromatic heterocycles. The summed E-state index contributed by atoms with van der Waals surface area (Å²) in [6, 6.07) is 6.26. The van der Waals surface area contributed by atoms with E-state index >= 15 is 0 Å². The van der Waals surface area contributed by atoms with Gasteiger partial charge in [0, 0.05) is 44.6 Å². The van der Waals surface area contributed by atoms with E-state index in [4.69, 9.17) is 9.72 Å². The molecule has 3 aromatic rings. The maximum Gasteiger partial charge on any atom is 0.143 e. The summed E-state index contributed by atoms with van der Waals surface area (Å²) < 4.78 is 5.55. The molecular formula is C23H31N7O. The molecule has 8 nitrogen and oxygen atoms in total. The highest BCUT2D eigenvalue weighted by Gasteiger charge is 2.26. The molecule has 0 aliphatic carbocycles. The maximum absolute atomic E-state index is 5.55. The Balaban J connectivity index is 1.35. The number of hydrogen-bond acceptors (Lipinski definition) is 7. The van der Waals surface area contributed by atoms with Crippen molar-refractivity contribution in [3.63, 3.8) is 0 Å². The highest BCUT2D eigenvalue weighted by Crippen LogP contribution is 2.34. The number of aromatic nitrogens is 4. The molecule has 0 atom stereocenters. The molecule has 0 aromatic carbocycles. The lowest BCUT2D eigenvalue weighted by molar-refractivity contribution is 0.0856. The Bertz CT molecular complexity index is 1040. The number of piperazine rings is 1. The van der Waals surface area contributed by atoms with Gasteiger partial charge in [0.1, 0.15) is 23.6 Å². The lowest BCUT2D eigenvalue weighted by Gasteiger charge is -2.39. The minimum absolute atomic E-state index is 0.0928. The Labute approximate surface area is 182 Å². The second kappa shape index (κ2) is 8.43. The van der Waals surface area contributed by atoms with Crippen LogP contribution in [0.3, 0.4) is 0 Å². The standard InChI is InChI=1S/C23H31N7O/c1-23(2)14-30(9-8-28-23)19-5-3-4-17(29-19)12-24-21-20-18(16-6-10-31-11-7-16)13-25-22(20)27-15-26-21/h3-5,13,15-16,28H,6-12,14H2,1-2H3,(H2,24,25,26,27). The summed E-state index contributed by atoms with van der Waals surface area (Å²) in [5.74, 6) is 2.38. The van der Waals surface area contributed by atoms with Crippen LogP contribution in [0.25, 0.3) is 11.0 Å². The monoisotopic (exact) mass is 421 g/mol. The van der Waals surface area contributed by atoms with Gasteiger partial charge in [-0.2, -0.15) is 0 Å². The van der Waals surface area contributed by atoms with E-state index in [9.17, 15) is 0 Å². The van der Waals surface area contributed by atoms with Crippen molar-refractivity contribution < 1.29 is 4.74 Å². The number of pyridine rings is 1. The number of nitrogens with one attached hydrogen (secondary N) is 3. The van der Waals surface area contributed by atoms with Crippen LogP contribution in [0.15, 0.2) is 30.7 Å². The highest BCUT2D eigenvalue weighted by molar-refractivity contribution is 5.90. The number of fused-ring (bicyclic) bond motifs is 1. The van der Waals surface area contributed by atoms with E-state index < -0.39 is 0 Å². The molecule has 0 saturated carbocycles. The van der Waals surface area contributed by atoms with Crippen LogP contribution in [-0.2, 0) is 11.3 Å². The molecule has 2 aliphatic rings. The Kier molecular flexibility index (Phi) is 5.50. The highest BCUT2D eigenvalue weighted by atomic mass is 16.5. The third-order valence-corrected chi connectivity index (χ3v) is 6.29. The van der Waals surface area contributed by atoms with E-state index in [-0.39, 0.29) is 5.54 Å². The molecule has 31 heavy (non-hydrogen) atoms. The largest absolute Gasteiger partial charge is 0.381 e. The van der Waals surface area contributed by atoms with E-state index in [2.05, 4.69) is 68.7 Å². The quantitative estimate of drug-likeness (QED) is 0.583. The lowest BCUT2D eigenvalue weighted by Crippen LogP contribution is -2.57. The molecule has 2 fully saturated rings. The molecule has 164 valence electrons. The van der Waals surface area contributed by atoms with E-state index in [0.29, 0.717) is 12.5 Å². The van der Waals surface area contributed by atoms with Crippen molar-refractivity contribution in [2.24, 2.45) is 0 Å². The topological polar surface area (TPSA) is 91.0 Å². The van der Waals surface area contributed by atoms with Gasteiger partial charge in [0.25, 0.3) is 0 Å². The minimum Gasteiger partial charge on any atom is -0.381 e. The third-order valence-electron chi connectivity index (χ3n) is 6.29. The van der Waals surface area contributed by atoms with Gasteiger partial charge in [-0.1, -0.05) is 6.07 Å². The Hall–Kier alpha value is -2.71. The summed E-state index contributed by atoms with van der Waals surface area (Å²) in [5, 5.41) is 8.17. The van der Waals surface area contributed by atoms with Crippen molar-refractivity contribution >= 4 is 22.7 Å². The van der Waals surface area contributed by atoms with E-state index in [1.165, 1.54) is 5.56 Å². The van der Waals surface area contributed by atoms with Crippen LogP contribution in [0, 0.1) is 0 Å². The first-order valence-corrected chi connectivity index (χ1v) is 11.2. The number of nitrogens with zero attached hydrogens (tertiary/aromatic N) is 4. The third kappa shape index (κ3) is 4.36. The Morgan fingerprint density at radius 3 is 2.94 bits per heavy atom. The first-order chi connectivity index (χ1) is 15.1. The Morgan fingerprint density at radius 1 is 1.23 bits per heavy atom. The van der Waals surface area contributed by atoms with E-state index in [1.54, 1.807) is 6.33 Å². The Morgan fingerprint density at radius 2 is 2.10 bits per heavy atom. The summed E-state index contributed by atoms with van der Waals surface area (Å²) in [6.45, 7) is 9.60. The van der Waals surface area contributed by atoms with Gasteiger partial charge >= 0.3 is 0 Å². The average Bonchev–Trinajstić information content (AvgIpc) is 3.23. The van der Waals surface area contributed by atoms with Crippen LogP contribution in [0.1, 0.15) is 43.9 Å². The number of ether oxygens (including phenoxy) is 1. The zero-order chi connectivity index (χ0) is 21.3. The fraction of sp³-hybridized carbons (Fsp3) is 0.522. The van der Waals surface area contributed by atoms with Crippen LogP contribution >= 0.6 is 0 Å². The van der Waals surface area contributed by atoms with Crippen molar-refractivity contribution in [3.05, 3.63) is 42.0 Å². The second-order valence-corrected chi connectivity index (χ2v) is 9.15. The number of H-pyrrole nitrogens is 1. The smallest absolute Gasteiger partial charge is 0.143 e. The SMILES string of the molecule is CC1(C)CN(c2cccc(CNc3ncnc4[nH]cc(C5CCOCC5)c34)n2)CCN1. The fourth-order valence-electron chi connectivity index (χ4n) is 4.70. The fourth-order valence-corrected chi connectivity index (χ4v) is 4.70. The van der Waals surface area contributed by atoms with Gasteiger partial charge in [-0.05, 0) is 50.3 Å². The summed E-state index contributed by atoms with van der Waals surface area (Å²) in [4.78, 5) is 19.6. The molecule has 5 heterocycles. The molecule has 8 heteroatoms. The molecule has 0 spiro atoms. The number of hydrogen-bond donors (Lipinski definition) is 3. The van der Waals surface area contributed by atoms with Gasteiger partial charge in [0.2, 0.25) is 0 Å². The molecule has 2 saturated heterocycles. The number of rotatable bonds is 5. The van der Waals surface area contributed by atoms with Gasteiger partial charge in [-0.25, -0.2) is 15.0 Å². The molecule has 0 unspecified atom stereocenters.